The van der Waals surface area contributed by atoms with Crippen LogP contribution in [-0.2, 0) is 4.43 Å². The highest BCUT2D eigenvalue weighted by molar-refractivity contribution is 6.80. The van der Waals surface area contributed by atoms with E-state index in [1.54, 1.807) is 0 Å². The molecule has 0 aromatic rings. The van der Waals surface area contributed by atoms with Crippen molar-refractivity contribution in [2.24, 2.45) is 0 Å². The number of hydrogen-bond donors (Lipinski definition) is 1. The minimum absolute atomic E-state index is 0.349. The molecule has 0 fully saturated rings. The summed E-state index contributed by atoms with van der Waals surface area (Å²) in [6.45, 7) is 9.75. The maximum atomic E-state index is 8.81. The van der Waals surface area contributed by atoms with Gasteiger partial charge in [-0.1, -0.05) is 25.2 Å². The quantitative estimate of drug-likeness (QED) is 0.686. The van der Waals surface area contributed by atoms with E-state index in [4.69, 9.17) is 9.53 Å². The Kier molecular flexibility index (Phi) is 6.20. The SMILES string of the molecule is CO[Si](C)(C)CC[Si](C)(C)CCCO. The summed E-state index contributed by atoms with van der Waals surface area (Å²) < 4.78 is 5.55. The van der Waals surface area contributed by atoms with E-state index in [2.05, 4.69) is 26.2 Å². The Balaban J connectivity index is 3.85. The van der Waals surface area contributed by atoms with Crippen LogP contribution in [0.25, 0.3) is 0 Å². The Morgan fingerprint density at radius 1 is 1.00 bits per heavy atom. The maximum absolute atomic E-state index is 8.81. The van der Waals surface area contributed by atoms with Gasteiger partial charge in [-0.25, -0.2) is 0 Å². The van der Waals surface area contributed by atoms with Gasteiger partial charge < -0.3 is 9.53 Å². The highest BCUT2D eigenvalue weighted by atomic mass is 28.4. The standard InChI is InChI=1S/C10H26O2Si2/c1-12-14(4,5)10-9-13(2,3)8-6-7-11/h11H,6-10H2,1-5H3. The summed E-state index contributed by atoms with van der Waals surface area (Å²) in [5, 5.41) is 8.81. The lowest BCUT2D eigenvalue weighted by Crippen LogP contribution is -2.34. The van der Waals surface area contributed by atoms with Crippen LogP contribution < -0.4 is 0 Å². The minimum Gasteiger partial charge on any atom is -0.420 e. The Morgan fingerprint density at radius 2 is 1.57 bits per heavy atom. The molecule has 0 heterocycles. The Bertz CT molecular complexity index is 158. The molecule has 0 aromatic carbocycles. The zero-order valence-corrected chi connectivity index (χ0v) is 12.4. The zero-order chi connectivity index (χ0) is 11.2. The average Bonchev–Trinajstić information content (AvgIpc) is 2.12. The van der Waals surface area contributed by atoms with Gasteiger partial charge in [-0.3, -0.25) is 0 Å². The lowest BCUT2D eigenvalue weighted by atomic mass is 10.5. The molecule has 0 bridgehead atoms. The summed E-state index contributed by atoms with van der Waals surface area (Å²) in [5.41, 5.74) is 0. The van der Waals surface area contributed by atoms with Gasteiger partial charge in [-0.2, -0.15) is 0 Å². The smallest absolute Gasteiger partial charge is 0.185 e. The van der Waals surface area contributed by atoms with Crippen LogP contribution in [-0.4, -0.2) is 35.2 Å². The van der Waals surface area contributed by atoms with Crippen LogP contribution in [0, 0.1) is 0 Å². The number of hydrogen-bond acceptors (Lipinski definition) is 2. The van der Waals surface area contributed by atoms with Crippen molar-refractivity contribution in [3.8, 4) is 0 Å². The molecule has 4 heteroatoms. The summed E-state index contributed by atoms with van der Waals surface area (Å²) in [4.78, 5) is 0. The van der Waals surface area contributed by atoms with Crippen LogP contribution >= 0.6 is 0 Å². The van der Waals surface area contributed by atoms with Crippen LogP contribution in [0.3, 0.4) is 0 Å². The lowest BCUT2D eigenvalue weighted by Gasteiger charge is -2.27. The third-order valence-electron chi connectivity index (χ3n) is 2.97. The molecule has 86 valence electrons. The van der Waals surface area contributed by atoms with Crippen LogP contribution in [0.2, 0.25) is 44.3 Å². The molecule has 0 rings (SSSR count). The van der Waals surface area contributed by atoms with Crippen LogP contribution in [0.4, 0.5) is 0 Å². The molecule has 1 N–H and O–H groups in total. The monoisotopic (exact) mass is 234 g/mol. The van der Waals surface area contributed by atoms with Gasteiger partial charge in [-0.05, 0) is 25.6 Å². The van der Waals surface area contributed by atoms with Crippen molar-refractivity contribution in [1.29, 1.82) is 0 Å². The lowest BCUT2D eigenvalue weighted by molar-refractivity contribution is 0.294. The summed E-state index contributed by atoms with van der Waals surface area (Å²) >= 11 is 0. The van der Waals surface area contributed by atoms with Crippen molar-refractivity contribution in [2.75, 3.05) is 13.7 Å². The number of rotatable bonds is 7. The third kappa shape index (κ3) is 6.76. The second kappa shape index (κ2) is 6.05. The normalized spacial score (nSPS) is 13.3. The molecule has 0 aromatic heterocycles. The van der Waals surface area contributed by atoms with Crippen LogP contribution in [0.1, 0.15) is 6.42 Å². The Morgan fingerprint density at radius 3 is 2.00 bits per heavy atom. The van der Waals surface area contributed by atoms with Gasteiger partial charge in [0, 0.05) is 21.8 Å². The van der Waals surface area contributed by atoms with Crippen molar-refractivity contribution in [3.05, 3.63) is 0 Å². The van der Waals surface area contributed by atoms with E-state index >= 15 is 0 Å². The van der Waals surface area contributed by atoms with Gasteiger partial charge >= 0.3 is 0 Å². The number of aliphatic hydroxyl groups is 1. The van der Waals surface area contributed by atoms with Crippen LogP contribution in [0.15, 0.2) is 0 Å². The summed E-state index contributed by atoms with van der Waals surface area (Å²) in [7, 11) is -0.568. The van der Waals surface area contributed by atoms with Crippen molar-refractivity contribution < 1.29 is 9.53 Å². The Hall–Kier alpha value is 0.354. The second-order valence-electron chi connectivity index (χ2n) is 5.46. The first-order valence-electron chi connectivity index (χ1n) is 5.49. The molecule has 0 saturated carbocycles. The molecule has 0 spiro atoms. The predicted molar refractivity (Wildman–Crippen MR) is 68.1 cm³/mol. The predicted octanol–water partition coefficient (Wildman–Crippen LogP) is 2.93. The van der Waals surface area contributed by atoms with Gasteiger partial charge in [0.2, 0.25) is 0 Å². The second-order valence-corrected chi connectivity index (χ2v) is 15.2. The summed E-state index contributed by atoms with van der Waals surface area (Å²) in [6, 6.07) is 3.87. The van der Waals surface area contributed by atoms with E-state index in [1.807, 2.05) is 7.11 Å². The van der Waals surface area contributed by atoms with Gasteiger partial charge in [0.25, 0.3) is 0 Å². The van der Waals surface area contributed by atoms with Crippen molar-refractivity contribution in [2.45, 2.75) is 50.7 Å². The average molecular weight is 234 g/mol. The molecule has 0 radical (unpaired) electrons. The molecule has 2 nitrogen and oxygen atoms in total. The largest absolute Gasteiger partial charge is 0.420 e. The fourth-order valence-electron chi connectivity index (χ4n) is 1.42. The summed E-state index contributed by atoms with van der Waals surface area (Å²) in [5.74, 6) is 0. The van der Waals surface area contributed by atoms with E-state index in [0.717, 1.165) is 6.42 Å². The van der Waals surface area contributed by atoms with Gasteiger partial charge in [0.15, 0.2) is 8.32 Å². The minimum atomic E-state index is -1.35. The van der Waals surface area contributed by atoms with Gasteiger partial charge in [0.05, 0.1) is 0 Å². The topological polar surface area (TPSA) is 29.5 Å². The molecular weight excluding hydrogens is 208 g/mol. The third-order valence-corrected chi connectivity index (χ3v) is 9.34. The molecule has 0 unspecified atom stereocenters. The molecule has 0 saturated heterocycles. The van der Waals surface area contributed by atoms with E-state index in [9.17, 15) is 0 Å². The molecule has 0 aliphatic carbocycles. The molecular formula is C10H26O2Si2. The van der Waals surface area contributed by atoms with Crippen molar-refractivity contribution >= 4 is 16.4 Å². The first-order valence-corrected chi connectivity index (χ1v) is 12.0. The van der Waals surface area contributed by atoms with Crippen molar-refractivity contribution in [3.63, 3.8) is 0 Å². The van der Waals surface area contributed by atoms with Crippen molar-refractivity contribution in [1.82, 2.24) is 0 Å². The van der Waals surface area contributed by atoms with Crippen LogP contribution in [0.5, 0.6) is 0 Å². The highest BCUT2D eigenvalue weighted by Crippen LogP contribution is 2.24. The molecule has 0 aliphatic heterocycles. The van der Waals surface area contributed by atoms with E-state index in [-0.39, 0.29) is 0 Å². The summed E-state index contributed by atoms with van der Waals surface area (Å²) in [6.07, 6.45) is 0.980. The fourth-order valence-corrected chi connectivity index (χ4v) is 8.11. The molecule has 14 heavy (non-hydrogen) atoms. The van der Waals surface area contributed by atoms with E-state index < -0.39 is 16.4 Å². The van der Waals surface area contributed by atoms with E-state index in [1.165, 1.54) is 18.1 Å². The molecule has 0 atom stereocenters. The fraction of sp³-hybridized carbons (Fsp3) is 1.00. The van der Waals surface area contributed by atoms with Gasteiger partial charge in [-0.15, -0.1) is 0 Å². The highest BCUT2D eigenvalue weighted by Gasteiger charge is 2.27. The zero-order valence-electron chi connectivity index (χ0n) is 10.4. The first-order chi connectivity index (χ1) is 6.33. The molecule has 0 amide bonds. The first kappa shape index (κ1) is 14.4. The number of aliphatic hydroxyl groups excluding tert-OH is 1. The van der Waals surface area contributed by atoms with E-state index in [0.29, 0.717) is 6.61 Å². The maximum Gasteiger partial charge on any atom is 0.185 e. The van der Waals surface area contributed by atoms with Gasteiger partial charge in [0.1, 0.15) is 0 Å². The molecule has 0 aliphatic rings. The Labute approximate surface area is 90.8 Å².